The second-order valence-corrected chi connectivity index (χ2v) is 5.24. The highest BCUT2D eigenvalue weighted by Crippen LogP contribution is 2.33. The van der Waals surface area contributed by atoms with Crippen LogP contribution in [-0.4, -0.2) is 25.3 Å². The zero-order chi connectivity index (χ0) is 16.5. The van der Waals surface area contributed by atoms with Gasteiger partial charge in [0, 0.05) is 11.1 Å². The van der Waals surface area contributed by atoms with Crippen molar-refractivity contribution in [1.29, 1.82) is 0 Å². The highest BCUT2D eigenvalue weighted by atomic mass is 16.3. The summed E-state index contributed by atoms with van der Waals surface area (Å²) in [5, 5.41) is 17.6. The van der Waals surface area contributed by atoms with Gasteiger partial charge in [-0.25, -0.2) is 0 Å². The SMILES string of the molecule is O=c1cc(O)nc(N(c2ccccc2)c2ccc3cn[nH]c3c2)[nH]1. The third-order valence-electron chi connectivity index (χ3n) is 3.63. The maximum absolute atomic E-state index is 11.8. The van der Waals surface area contributed by atoms with Crippen LogP contribution in [0.4, 0.5) is 17.3 Å². The number of nitrogens with one attached hydrogen (secondary N) is 2. The van der Waals surface area contributed by atoms with E-state index < -0.39 is 5.56 Å². The summed E-state index contributed by atoms with van der Waals surface area (Å²) >= 11 is 0. The van der Waals surface area contributed by atoms with E-state index in [1.165, 1.54) is 0 Å². The molecule has 0 radical (unpaired) electrons. The lowest BCUT2D eigenvalue weighted by Crippen LogP contribution is -2.17. The third-order valence-corrected chi connectivity index (χ3v) is 3.63. The number of hydrogen-bond donors (Lipinski definition) is 3. The lowest BCUT2D eigenvalue weighted by molar-refractivity contribution is 0.451. The smallest absolute Gasteiger partial charge is 0.256 e. The zero-order valence-corrected chi connectivity index (χ0v) is 12.5. The molecule has 0 saturated heterocycles. The van der Waals surface area contributed by atoms with Gasteiger partial charge in [0.1, 0.15) is 0 Å². The second-order valence-electron chi connectivity index (χ2n) is 5.24. The molecule has 0 aliphatic carbocycles. The maximum atomic E-state index is 11.8. The summed E-state index contributed by atoms with van der Waals surface area (Å²) in [7, 11) is 0. The Morgan fingerprint density at radius 1 is 1.00 bits per heavy atom. The highest BCUT2D eigenvalue weighted by Gasteiger charge is 2.16. The molecular formula is C17H13N5O2. The number of hydrogen-bond acceptors (Lipinski definition) is 5. The van der Waals surface area contributed by atoms with Crippen LogP contribution < -0.4 is 10.5 Å². The Morgan fingerprint density at radius 2 is 1.83 bits per heavy atom. The summed E-state index contributed by atoms with van der Waals surface area (Å²) in [4.78, 5) is 20.2. The zero-order valence-electron chi connectivity index (χ0n) is 12.5. The fraction of sp³-hybridized carbons (Fsp3) is 0. The van der Waals surface area contributed by atoms with Crippen molar-refractivity contribution in [3.05, 3.63) is 71.1 Å². The average Bonchev–Trinajstić information content (AvgIpc) is 3.03. The van der Waals surface area contributed by atoms with Crippen LogP contribution in [0.2, 0.25) is 0 Å². The van der Waals surface area contributed by atoms with Crippen molar-refractivity contribution in [1.82, 2.24) is 20.2 Å². The Kier molecular flexibility index (Phi) is 3.24. The molecule has 0 bridgehead atoms. The number of H-pyrrole nitrogens is 2. The molecule has 0 unspecified atom stereocenters. The minimum Gasteiger partial charge on any atom is -0.493 e. The van der Waals surface area contributed by atoms with Gasteiger partial charge in [-0.2, -0.15) is 10.1 Å². The first-order valence-corrected chi connectivity index (χ1v) is 7.29. The number of benzene rings is 2. The van der Waals surface area contributed by atoms with Gasteiger partial charge in [0.25, 0.3) is 5.56 Å². The first-order chi connectivity index (χ1) is 11.7. The largest absolute Gasteiger partial charge is 0.493 e. The minimum atomic E-state index is -0.430. The van der Waals surface area contributed by atoms with Crippen molar-refractivity contribution < 1.29 is 5.11 Å². The van der Waals surface area contributed by atoms with Crippen LogP contribution in [0.1, 0.15) is 0 Å². The van der Waals surface area contributed by atoms with E-state index in [9.17, 15) is 9.90 Å². The third kappa shape index (κ3) is 2.48. The quantitative estimate of drug-likeness (QED) is 0.539. The van der Waals surface area contributed by atoms with Crippen molar-refractivity contribution in [3.63, 3.8) is 0 Å². The summed E-state index contributed by atoms with van der Waals surface area (Å²) < 4.78 is 0. The predicted molar refractivity (Wildman–Crippen MR) is 90.9 cm³/mol. The predicted octanol–water partition coefficient (Wildman–Crippen LogP) is 2.82. The number of rotatable bonds is 3. The van der Waals surface area contributed by atoms with Crippen LogP contribution in [0, 0.1) is 0 Å². The number of aromatic hydroxyl groups is 1. The first kappa shape index (κ1) is 14.0. The Bertz CT molecular complexity index is 1060. The number of nitrogens with zero attached hydrogens (tertiary/aromatic N) is 3. The molecule has 0 fully saturated rings. The molecule has 7 heteroatoms. The van der Waals surface area contributed by atoms with Crippen molar-refractivity contribution in [2.24, 2.45) is 0 Å². The molecule has 2 aromatic carbocycles. The van der Waals surface area contributed by atoms with Gasteiger partial charge in [0.15, 0.2) is 0 Å². The summed E-state index contributed by atoms with van der Waals surface area (Å²) in [6.07, 6.45) is 1.74. The number of aromatic amines is 2. The van der Waals surface area contributed by atoms with Gasteiger partial charge in [0.2, 0.25) is 11.8 Å². The molecule has 3 N–H and O–H groups in total. The van der Waals surface area contributed by atoms with Gasteiger partial charge in [-0.15, -0.1) is 0 Å². The lowest BCUT2D eigenvalue weighted by atomic mass is 10.2. The molecule has 0 spiro atoms. The van der Waals surface area contributed by atoms with Crippen molar-refractivity contribution in [2.45, 2.75) is 0 Å². The molecule has 0 amide bonds. The number of para-hydroxylation sites is 1. The molecule has 0 atom stereocenters. The summed E-state index contributed by atoms with van der Waals surface area (Å²) in [6, 6.07) is 16.2. The molecule has 2 aromatic heterocycles. The van der Waals surface area contributed by atoms with Crippen molar-refractivity contribution >= 4 is 28.2 Å². The molecule has 4 aromatic rings. The van der Waals surface area contributed by atoms with Gasteiger partial charge in [-0.3, -0.25) is 19.8 Å². The lowest BCUT2D eigenvalue weighted by Gasteiger charge is -2.23. The summed E-state index contributed by atoms with van der Waals surface area (Å²) in [6.45, 7) is 0. The normalized spacial score (nSPS) is 10.8. The molecule has 0 aliphatic rings. The Balaban J connectivity index is 1.94. The Morgan fingerprint density at radius 3 is 2.62 bits per heavy atom. The van der Waals surface area contributed by atoms with Crippen molar-refractivity contribution in [2.75, 3.05) is 4.90 Å². The monoisotopic (exact) mass is 319 g/mol. The van der Waals surface area contributed by atoms with E-state index in [4.69, 9.17) is 0 Å². The topological polar surface area (TPSA) is 97.9 Å². The van der Waals surface area contributed by atoms with Gasteiger partial charge in [-0.1, -0.05) is 18.2 Å². The Hall–Kier alpha value is -3.61. The number of fused-ring (bicyclic) bond motifs is 1. The molecule has 4 rings (SSSR count). The fourth-order valence-corrected chi connectivity index (χ4v) is 2.57. The van der Waals surface area contributed by atoms with Crippen LogP contribution in [-0.2, 0) is 0 Å². The van der Waals surface area contributed by atoms with Gasteiger partial charge in [0.05, 0.1) is 23.5 Å². The molecular weight excluding hydrogens is 306 g/mol. The number of aromatic nitrogens is 4. The highest BCUT2D eigenvalue weighted by molar-refractivity contribution is 5.85. The van der Waals surface area contributed by atoms with E-state index in [2.05, 4.69) is 20.2 Å². The Labute approximate surface area is 136 Å². The standard InChI is InChI=1S/C17H13N5O2/c23-15-9-16(24)20-17(19-15)22(12-4-2-1-3-5-12)13-7-6-11-10-18-21-14(11)8-13/h1-10H,(H,18,21)(H2,19,20,23,24). The molecule has 2 heterocycles. The van der Waals surface area contributed by atoms with Crippen LogP contribution in [0.3, 0.4) is 0 Å². The summed E-state index contributed by atoms with van der Waals surface area (Å²) in [5.41, 5.74) is 1.99. The summed E-state index contributed by atoms with van der Waals surface area (Å²) in [5.74, 6) is -0.109. The van der Waals surface area contributed by atoms with E-state index in [1.54, 1.807) is 11.1 Å². The molecule has 24 heavy (non-hydrogen) atoms. The minimum absolute atomic E-state index is 0.227. The molecule has 7 nitrogen and oxygen atoms in total. The molecule has 0 saturated carbocycles. The van der Waals surface area contributed by atoms with Crippen LogP contribution in [0.15, 0.2) is 65.6 Å². The van der Waals surface area contributed by atoms with E-state index in [0.29, 0.717) is 0 Å². The van der Waals surface area contributed by atoms with Gasteiger partial charge in [-0.05, 0) is 30.3 Å². The molecule has 0 aliphatic heterocycles. The van der Waals surface area contributed by atoms with Crippen molar-refractivity contribution in [3.8, 4) is 5.88 Å². The van der Waals surface area contributed by atoms with E-state index >= 15 is 0 Å². The maximum Gasteiger partial charge on any atom is 0.256 e. The van der Waals surface area contributed by atoms with Gasteiger partial charge < -0.3 is 5.11 Å². The second kappa shape index (κ2) is 5.54. The number of anilines is 3. The molecule has 118 valence electrons. The first-order valence-electron chi connectivity index (χ1n) is 7.29. The van der Waals surface area contributed by atoms with Crippen LogP contribution in [0.25, 0.3) is 10.9 Å². The fourth-order valence-electron chi connectivity index (χ4n) is 2.57. The van der Waals surface area contributed by atoms with Gasteiger partial charge >= 0.3 is 0 Å². The van der Waals surface area contributed by atoms with Crippen LogP contribution in [0.5, 0.6) is 5.88 Å². The average molecular weight is 319 g/mol. The van der Waals surface area contributed by atoms with Crippen LogP contribution >= 0.6 is 0 Å². The van der Waals surface area contributed by atoms with E-state index in [0.717, 1.165) is 28.3 Å². The van der Waals surface area contributed by atoms with E-state index in [-0.39, 0.29) is 11.8 Å². The van der Waals surface area contributed by atoms with E-state index in [1.807, 2.05) is 48.5 Å².